The van der Waals surface area contributed by atoms with Crippen molar-refractivity contribution in [2.75, 3.05) is 19.7 Å². The normalized spacial score (nSPS) is 22.5. The Balaban J connectivity index is 1.98. The average Bonchev–Trinajstić information content (AvgIpc) is 2.82. The third-order valence-corrected chi connectivity index (χ3v) is 7.76. The van der Waals surface area contributed by atoms with Crippen LogP contribution in [0.25, 0.3) is 6.08 Å². The molecule has 0 spiro atoms. The van der Waals surface area contributed by atoms with Gasteiger partial charge in [0.05, 0.1) is 17.7 Å². The minimum atomic E-state index is -0.218. The monoisotopic (exact) mass is 556 g/mol. The van der Waals surface area contributed by atoms with Gasteiger partial charge in [0.15, 0.2) is 0 Å². The number of amides is 1. The second kappa shape index (κ2) is 10.4. The largest absolute Gasteiger partial charge is 0.450 e. The summed E-state index contributed by atoms with van der Waals surface area (Å²) in [5.41, 5.74) is 3.34. The molecule has 0 saturated carbocycles. The van der Waals surface area contributed by atoms with Gasteiger partial charge in [-0.3, -0.25) is 0 Å². The van der Waals surface area contributed by atoms with Crippen molar-refractivity contribution in [1.82, 2.24) is 10.2 Å². The number of halogens is 3. The number of nitrogens with one attached hydrogen (secondary N) is 1. The summed E-state index contributed by atoms with van der Waals surface area (Å²) in [5, 5.41) is 4.25. The summed E-state index contributed by atoms with van der Waals surface area (Å²) in [7, 11) is 0. The highest BCUT2D eigenvalue weighted by Crippen LogP contribution is 2.45. The van der Waals surface area contributed by atoms with Crippen molar-refractivity contribution in [3.63, 3.8) is 0 Å². The third-order valence-electron chi connectivity index (χ3n) is 5.82. The van der Waals surface area contributed by atoms with Gasteiger partial charge in [0.1, 0.15) is 0 Å². The average molecular weight is 559 g/mol. The first-order valence-electron chi connectivity index (χ1n) is 10.2. The molecular weight excluding hydrogens is 532 g/mol. The van der Waals surface area contributed by atoms with Crippen molar-refractivity contribution in [1.29, 1.82) is 0 Å². The lowest BCUT2D eigenvalue weighted by molar-refractivity contribution is 0.0876. The van der Waals surface area contributed by atoms with Gasteiger partial charge < -0.3 is 15.0 Å². The molecule has 0 radical (unpaired) electrons. The minimum absolute atomic E-state index is 0.0280. The van der Waals surface area contributed by atoms with Crippen molar-refractivity contribution >= 4 is 55.6 Å². The maximum absolute atomic E-state index is 12.2. The number of rotatable bonds is 4. The van der Waals surface area contributed by atoms with Gasteiger partial charge in [-0.15, -0.1) is 0 Å². The molecule has 1 aliphatic carbocycles. The number of likely N-dealkylation sites (tertiary alicyclic amines) is 1. The molecule has 162 valence electrons. The van der Waals surface area contributed by atoms with E-state index in [4.69, 9.17) is 16.3 Å². The summed E-state index contributed by atoms with van der Waals surface area (Å²) in [6, 6.07) is 4.17. The molecule has 2 unspecified atom stereocenters. The van der Waals surface area contributed by atoms with Crippen LogP contribution in [0.1, 0.15) is 43.7 Å². The van der Waals surface area contributed by atoms with Gasteiger partial charge in [-0.05, 0) is 89.6 Å². The van der Waals surface area contributed by atoms with Gasteiger partial charge in [0, 0.05) is 28.0 Å². The lowest BCUT2D eigenvalue weighted by Gasteiger charge is -2.40. The standard InChI is InChI=1S/C23H27Br2ClN2O2/c1-4-8-27-22-14(3)18(24)11-16-12-20(26)19(25)13-17(16)21(22)15-6-9-28(10-7-15)23(29)30-5-2/h4,8,11-13,15,21-22,27H,3,5-7,9-10H2,1-2H3/b8-4-. The van der Waals surface area contributed by atoms with Gasteiger partial charge in [0.2, 0.25) is 0 Å². The fourth-order valence-electron chi connectivity index (χ4n) is 4.35. The summed E-state index contributed by atoms with van der Waals surface area (Å²) in [6.07, 6.45) is 7.67. The zero-order chi connectivity index (χ0) is 21.8. The fourth-order valence-corrected chi connectivity index (χ4v) is 5.38. The topological polar surface area (TPSA) is 41.6 Å². The quantitative estimate of drug-likeness (QED) is 0.439. The van der Waals surface area contributed by atoms with E-state index in [0.29, 0.717) is 30.6 Å². The van der Waals surface area contributed by atoms with Crippen LogP contribution in [0.15, 0.2) is 45.5 Å². The molecule has 2 aliphatic rings. The third kappa shape index (κ3) is 4.97. The number of allylic oxidation sites excluding steroid dienone is 1. The number of fused-ring (bicyclic) bond motifs is 1. The minimum Gasteiger partial charge on any atom is -0.450 e. The molecule has 2 atom stereocenters. The summed E-state index contributed by atoms with van der Waals surface area (Å²) < 4.78 is 7.04. The highest BCUT2D eigenvalue weighted by atomic mass is 79.9. The summed E-state index contributed by atoms with van der Waals surface area (Å²) >= 11 is 13.8. The summed E-state index contributed by atoms with van der Waals surface area (Å²) in [6.45, 7) is 10.0. The number of piperidine rings is 1. The number of benzene rings is 1. The summed E-state index contributed by atoms with van der Waals surface area (Å²) in [4.78, 5) is 14.0. The van der Waals surface area contributed by atoms with E-state index < -0.39 is 0 Å². The van der Waals surface area contributed by atoms with Crippen LogP contribution in [0.2, 0.25) is 5.02 Å². The molecule has 7 heteroatoms. The molecule has 1 N–H and O–H groups in total. The first-order valence-corrected chi connectivity index (χ1v) is 12.2. The second-order valence-electron chi connectivity index (χ2n) is 7.61. The Hall–Kier alpha value is -1.24. The van der Waals surface area contributed by atoms with Crippen LogP contribution >= 0.6 is 43.5 Å². The van der Waals surface area contributed by atoms with Crippen LogP contribution in [0.5, 0.6) is 0 Å². The Labute approximate surface area is 200 Å². The molecule has 1 aromatic rings. The number of ether oxygens (including phenoxy) is 1. The van der Waals surface area contributed by atoms with Crippen molar-refractivity contribution in [3.8, 4) is 0 Å². The predicted octanol–water partition coefficient (Wildman–Crippen LogP) is 6.85. The number of carbonyl (C=O) groups is 1. The maximum atomic E-state index is 12.2. The van der Waals surface area contributed by atoms with Crippen LogP contribution in [-0.2, 0) is 4.74 Å². The van der Waals surface area contributed by atoms with E-state index in [9.17, 15) is 4.79 Å². The molecule has 1 heterocycles. The molecule has 1 aliphatic heterocycles. The van der Waals surface area contributed by atoms with Gasteiger partial charge in [-0.2, -0.15) is 0 Å². The van der Waals surface area contributed by atoms with Gasteiger partial charge in [-0.1, -0.05) is 40.2 Å². The Morgan fingerprint density at radius 3 is 2.70 bits per heavy atom. The lowest BCUT2D eigenvalue weighted by Crippen LogP contribution is -2.44. The van der Waals surface area contributed by atoms with Gasteiger partial charge in [-0.25, -0.2) is 4.79 Å². The van der Waals surface area contributed by atoms with E-state index in [-0.39, 0.29) is 18.1 Å². The van der Waals surface area contributed by atoms with E-state index in [1.54, 1.807) is 0 Å². The Morgan fingerprint density at radius 1 is 1.37 bits per heavy atom. The Kier molecular flexibility index (Phi) is 8.11. The van der Waals surface area contributed by atoms with Crippen LogP contribution in [0.3, 0.4) is 0 Å². The van der Waals surface area contributed by atoms with Crippen molar-refractivity contribution in [2.45, 2.75) is 38.6 Å². The highest BCUT2D eigenvalue weighted by molar-refractivity contribution is 9.12. The number of hydrogen-bond donors (Lipinski definition) is 1. The van der Waals surface area contributed by atoms with Gasteiger partial charge in [0.25, 0.3) is 0 Å². The molecule has 1 amide bonds. The fraction of sp³-hybridized carbons (Fsp3) is 0.435. The van der Waals surface area contributed by atoms with Crippen molar-refractivity contribution in [2.24, 2.45) is 5.92 Å². The van der Waals surface area contributed by atoms with Crippen LogP contribution in [0.4, 0.5) is 4.79 Å². The predicted molar refractivity (Wildman–Crippen MR) is 131 cm³/mol. The van der Waals surface area contributed by atoms with Gasteiger partial charge >= 0.3 is 6.09 Å². The molecule has 1 saturated heterocycles. The Bertz CT molecular complexity index is 876. The molecule has 4 nitrogen and oxygen atoms in total. The molecular formula is C23H27Br2ClN2O2. The maximum Gasteiger partial charge on any atom is 0.409 e. The van der Waals surface area contributed by atoms with Crippen LogP contribution < -0.4 is 5.32 Å². The molecule has 3 rings (SSSR count). The second-order valence-corrected chi connectivity index (χ2v) is 9.72. The van der Waals surface area contributed by atoms with E-state index in [1.807, 2.05) is 37.1 Å². The van der Waals surface area contributed by atoms with E-state index in [0.717, 1.165) is 32.9 Å². The smallest absolute Gasteiger partial charge is 0.409 e. The summed E-state index contributed by atoms with van der Waals surface area (Å²) in [5.74, 6) is 0.571. The molecule has 0 aromatic heterocycles. The molecule has 0 bridgehead atoms. The molecule has 1 fully saturated rings. The van der Waals surface area contributed by atoms with Crippen LogP contribution in [0, 0.1) is 5.92 Å². The zero-order valence-electron chi connectivity index (χ0n) is 17.3. The van der Waals surface area contributed by atoms with E-state index in [1.165, 1.54) is 5.56 Å². The van der Waals surface area contributed by atoms with E-state index >= 15 is 0 Å². The lowest BCUT2D eigenvalue weighted by atomic mass is 9.74. The zero-order valence-corrected chi connectivity index (χ0v) is 21.2. The highest BCUT2D eigenvalue weighted by Gasteiger charge is 2.38. The first-order chi connectivity index (χ1) is 14.4. The SMILES string of the molecule is C=C1C(Br)=Cc2cc(Cl)c(Br)cc2C(C2CCN(C(=O)OCC)CC2)C1N/C=C\C. The first kappa shape index (κ1) is 23.4. The van der Waals surface area contributed by atoms with E-state index in [2.05, 4.69) is 55.9 Å². The van der Waals surface area contributed by atoms with Crippen molar-refractivity contribution in [3.05, 3.63) is 61.7 Å². The number of carbonyl (C=O) groups excluding carboxylic acids is 1. The number of hydrogen-bond acceptors (Lipinski definition) is 3. The number of nitrogens with zero attached hydrogens (tertiary/aromatic N) is 1. The molecule has 1 aromatic carbocycles. The Morgan fingerprint density at radius 2 is 2.07 bits per heavy atom. The van der Waals surface area contributed by atoms with Crippen LogP contribution in [-0.4, -0.2) is 36.7 Å². The molecule has 30 heavy (non-hydrogen) atoms. The van der Waals surface area contributed by atoms with Crippen molar-refractivity contribution < 1.29 is 9.53 Å².